The van der Waals surface area contributed by atoms with Gasteiger partial charge >= 0.3 is 0 Å². The normalized spacial score (nSPS) is 13.5. The number of ether oxygens (including phenoxy) is 1. The zero-order valence-corrected chi connectivity index (χ0v) is 12.9. The van der Waals surface area contributed by atoms with Crippen molar-refractivity contribution in [3.05, 3.63) is 50.9 Å². The van der Waals surface area contributed by atoms with E-state index in [1.807, 2.05) is 13.0 Å². The van der Waals surface area contributed by atoms with Crippen molar-refractivity contribution in [1.82, 2.24) is 0 Å². The van der Waals surface area contributed by atoms with Gasteiger partial charge in [0.05, 0.1) is 9.90 Å². The molecule has 0 saturated heterocycles. The Labute approximate surface area is 131 Å². The lowest BCUT2D eigenvalue weighted by Gasteiger charge is -2.23. The number of nitriles is 1. The van der Waals surface area contributed by atoms with Gasteiger partial charge < -0.3 is 10.5 Å². The minimum absolute atomic E-state index is 0.0159. The molecule has 2 N–H and O–H groups in total. The molecule has 0 radical (unpaired) electrons. The van der Waals surface area contributed by atoms with E-state index in [1.54, 1.807) is 18.2 Å². The van der Waals surface area contributed by atoms with Crippen molar-refractivity contribution in [3.8, 4) is 11.8 Å². The molecule has 1 heterocycles. The molecule has 6 heteroatoms. The second-order valence-electron chi connectivity index (χ2n) is 4.51. The topological polar surface area (TPSA) is 59.0 Å². The zero-order chi connectivity index (χ0) is 15.4. The summed E-state index contributed by atoms with van der Waals surface area (Å²) in [6, 6.07) is 9.32. The summed E-state index contributed by atoms with van der Waals surface area (Å²) >= 11 is 7.33. The molecular formula is C15H14ClFN2OS. The molecule has 1 aromatic carbocycles. The van der Waals surface area contributed by atoms with Crippen LogP contribution in [0.2, 0.25) is 4.34 Å². The van der Waals surface area contributed by atoms with Gasteiger partial charge in [-0.25, -0.2) is 4.39 Å². The molecule has 2 atom stereocenters. The standard InChI is InChI=1S/C15H14ClFN2OS/c1-2-12(19)15(13-5-6-14(16)21-13)20-10-4-3-9(8-18)11(17)7-10/h3-7,12,15H,2,19H2,1H3. The van der Waals surface area contributed by atoms with Gasteiger partial charge in [0.2, 0.25) is 0 Å². The van der Waals surface area contributed by atoms with Crippen LogP contribution in [0.15, 0.2) is 30.3 Å². The van der Waals surface area contributed by atoms with Crippen molar-refractivity contribution in [2.45, 2.75) is 25.5 Å². The fourth-order valence-electron chi connectivity index (χ4n) is 1.86. The molecule has 0 aliphatic carbocycles. The molecular weight excluding hydrogens is 311 g/mol. The first-order valence-corrected chi connectivity index (χ1v) is 7.61. The highest BCUT2D eigenvalue weighted by atomic mass is 35.5. The van der Waals surface area contributed by atoms with Crippen LogP contribution in [0.1, 0.15) is 29.9 Å². The molecule has 0 amide bonds. The summed E-state index contributed by atoms with van der Waals surface area (Å²) in [5.74, 6) is -0.270. The van der Waals surface area contributed by atoms with Gasteiger partial charge in [-0.3, -0.25) is 0 Å². The molecule has 3 nitrogen and oxygen atoms in total. The first-order valence-electron chi connectivity index (χ1n) is 6.42. The van der Waals surface area contributed by atoms with Crippen LogP contribution in [0.4, 0.5) is 4.39 Å². The Morgan fingerprint density at radius 2 is 2.19 bits per heavy atom. The number of nitrogens with two attached hydrogens (primary N) is 1. The van der Waals surface area contributed by atoms with Crippen molar-refractivity contribution < 1.29 is 9.13 Å². The SMILES string of the molecule is CCC(N)C(Oc1ccc(C#N)c(F)c1)c1ccc(Cl)s1. The monoisotopic (exact) mass is 324 g/mol. The molecule has 1 aromatic heterocycles. The van der Waals surface area contributed by atoms with Crippen molar-refractivity contribution in [2.75, 3.05) is 0 Å². The van der Waals surface area contributed by atoms with Crippen LogP contribution in [-0.4, -0.2) is 6.04 Å². The third-order valence-electron chi connectivity index (χ3n) is 3.06. The van der Waals surface area contributed by atoms with E-state index in [0.29, 0.717) is 16.5 Å². The predicted molar refractivity (Wildman–Crippen MR) is 82.1 cm³/mol. The maximum absolute atomic E-state index is 13.6. The number of hydrogen-bond donors (Lipinski definition) is 1. The average molecular weight is 325 g/mol. The number of halogens is 2. The highest BCUT2D eigenvalue weighted by Gasteiger charge is 2.22. The molecule has 110 valence electrons. The first-order chi connectivity index (χ1) is 10.0. The summed E-state index contributed by atoms with van der Waals surface area (Å²) in [5.41, 5.74) is 6.08. The lowest BCUT2D eigenvalue weighted by molar-refractivity contribution is 0.174. The first kappa shape index (κ1) is 15.8. The highest BCUT2D eigenvalue weighted by Crippen LogP contribution is 2.33. The fourth-order valence-corrected chi connectivity index (χ4v) is 3.02. The third kappa shape index (κ3) is 3.73. The number of benzene rings is 1. The Morgan fingerprint density at radius 1 is 1.43 bits per heavy atom. The summed E-state index contributed by atoms with van der Waals surface area (Å²) < 4.78 is 20.1. The van der Waals surface area contributed by atoms with E-state index < -0.39 is 11.9 Å². The number of rotatable bonds is 5. The van der Waals surface area contributed by atoms with Crippen LogP contribution in [0.25, 0.3) is 0 Å². The van der Waals surface area contributed by atoms with Crippen molar-refractivity contribution >= 4 is 22.9 Å². The van der Waals surface area contributed by atoms with Crippen LogP contribution in [0.5, 0.6) is 5.75 Å². The summed E-state index contributed by atoms with van der Waals surface area (Å²) in [6.45, 7) is 1.95. The third-order valence-corrected chi connectivity index (χ3v) is 4.35. The Kier molecular flexibility index (Phi) is 5.18. The maximum Gasteiger partial charge on any atom is 0.148 e. The number of nitrogens with zero attached hydrogens (tertiary/aromatic N) is 1. The molecule has 2 rings (SSSR count). The van der Waals surface area contributed by atoms with Gasteiger partial charge in [0.1, 0.15) is 23.7 Å². The van der Waals surface area contributed by atoms with Gasteiger partial charge in [-0.05, 0) is 30.7 Å². The van der Waals surface area contributed by atoms with Gasteiger partial charge in [-0.2, -0.15) is 5.26 Å². The van der Waals surface area contributed by atoms with E-state index in [-0.39, 0.29) is 11.6 Å². The molecule has 0 fully saturated rings. The highest BCUT2D eigenvalue weighted by molar-refractivity contribution is 7.16. The number of thiophene rings is 1. The van der Waals surface area contributed by atoms with Gasteiger partial charge in [0.15, 0.2) is 0 Å². The summed E-state index contributed by atoms with van der Waals surface area (Å²) in [5, 5.41) is 8.73. The lowest BCUT2D eigenvalue weighted by atomic mass is 10.1. The van der Waals surface area contributed by atoms with E-state index in [4.69, 9.17) is 27.3 Å². The largest absolute Gasteiger partial charge is 0.483 e. The van der Waals surface area contributed by atoms with Crippen LogP contribution < -0.4 is 10.5 Å². The average Bonchev–Trinajstić information content (AvgIpc) is 2.90. The minimum Gasteiger partial charge on any atom is -0.483 e. The maximum atomic E-state index is 13.6. The smallest absolute Gasteiger partial charge is 0.148 e. The van der Waals surface area contributed by atoms with Crippen LogP contribution in [0, 0.1) is 17.1 Å². The van der Waals surface area contributed by atoms with E-state index in [1.165, 1.54) is 23.5 Å². The van der Waals surface area contributed by atoms with E-state index in [9.17, 15) is 4.39 Å². The molecule has 0 spiro atoms. The molecule has 0 saturated carbocycles. The van der Waals surface area contributed by atoms with Gasteiger partial charge in [0, 0.05) is 17.0 Å². The number of hydrogen-bond acceptors (Lipinski definition) is 4. The Morgan fingerprint density at radius 3 is 2.71 bits per heavy atom. The fraction of sp³-hybridized carbons (Fsp3) is 0.267. The van der Waals surface area contributed by atoms with Crippen molar-refractivity contribution in [2.24, 2.45) is 5.73 Å². The molecule has 0 aliphatic rings. The van der Waals surface area contributed by atoms with Crippen molar-refractivity contribution in [1.29, 1.82) is 5.26 Å². The quantitative estimate of drug-likeness (QED) is 0.893. The van der Waals surface area contributed by atoms with E-state index >= 15 is 0 Å². The molecule has 0 bridgehead atoms. The zero-order valence-electron chi connectivity index (χ0n) is 11.3. The van der Waals surface area contributed by atoms with E-state index in [2.05, 4.69) is 0 Å². The minimum atomic E-state index is -0.608. The molecule has 21 heavy (non-hydrogen) atoms. The summed E-state index contributed by atoms with van der Waals surface area (Å²) in [4.78, 5) is 0.888. The predicted octanol–water partition coefficient (Wildman–Crippen LogP) is 4.27. The lowest BCUT2D eigenvalue weighted by Crippen LogP contribution is -2.30. The Hall–Kier alpha value is -1.61. The van der Waals surface area contributed by atoms with E-state index in [0.717, 1.165) is 4.88 Å². The summed E-state index contributed by atoms with van der Waals surface area (Å²) in [6.07, 6.45) is 0.304. The second-order valence-corrected chi connectivity index (χ2v) is 6.25. The Bertz CT molecular complexity index is 668. The second kappa shape index (κ2) is 6.90. The van der Waals surface area contributed by atoms with Gasteiger partial charge in [-0.1, -0.05) is 18.5 Å². The van der Waals surface area contributed by atoms with Crippen LogP contribution in [-0.2, 0) is 0 Å². The van der Waals surface area contributed by atoms with Crippen LogP contribution in [0.3, 0.4) is 0 Å². The molecule has 2 aromatic rings. The van der Waals surface area contributed by atoms with Crippen molar-refractivity contribution in [3.63, 3.8) is 0 Å². The van der Waals surface area contributed by atoms with Crippen LogP contribution >= 0.6 is 22.9 Å². The summed E-state index contributed by atoms with van der Waals surface area (Å²) in [7, 11) is 0. The Balaban J connectivity index is 2.27. The molecule has 2 unspecified atom stereocenters. The van der Waals surface area contributed by atoms with Gasteiger partial charge in [-0.15, -0.1) is 11.3 Å². The van der Waals surface area contributed by atoms with Gasteiger partial charge in [0.25, 0.3) is 0 Å². The molecule has 0 aliphatic heterocycles.